The number of benzene rings is 1. The molecule has 40 heavy (non-hydrogen) atoms. The zero-order valence-corrected chi connectivity index (χ0v) is 24.2. The monoisotopic (exact) mass is 593 g/mol. The third kappa shape index (κ3) is 7.55. The summed E-state index contributed by atoms with van der Waals surface area (Å²) >= 11 is 5.94. The maximum atomic E-state index is 14.2. The number of anilines is 1. The average Bonchev–Trinajstić information content (AvgIpc) is 3.32. The number of rotatable bonds is 11. The molecule has 216 valence electrons. The number of aromatic nitrogens is 4. The SMILES string of the molecule is C[C@H](Cn1cnc2c(N)ncnc21)OC[P@](=O)(NC(=O)c1ccc(Cl)cc1)NC(C)(C)C(=O)OC1CCOCC1. The first kappa shape index (κ1) is 29.9. The van der Waals surface area contributed by atoms with E-state index in [1.165, 1.54) is 18.5 Å². The van der Waals surface area contributed by atoms with Gasteiger partial charge in [0.15, 0.2) is 11.5 Å². The predicted octanol–water partition coefficient (Wildman–Crippen LogP) is 3.14. The van der Waals surface area contributed by atoms with Crippen LogP contribution in [-0.4, -0.2) is 68.7 Å². The quantitative estimate of drug-likeness (QED) is 0.220. The van der Waals surface area contributed by atoms with Crippen LogP contribution >= 0.6 is 19.0 Å². The molecule has 13 nitrogen and oxygen atoms in total. The van der Waals surface area contributed by atoms with E-state index >= 15 is 0 Å². The minimum absolute atomic E-state index is 0.240. The van der Waals surface area contributed by atoms with E-state index in [0.29, 0.717) is 48.8 Å². The molecule has 1 aliphatic heterocycles. The molecule has 3 heterocycles. The van der Waals surface area contributed by atoms with E-state index < -0.39 is 37.3 Å². The highest BCUT2D eigenvalue weighted by atomic mass is 35.5. The fourth-order valence-electron chi connectivity index (χ4n) is 4.11. The Morgan fingerprint density at radius 2 is 1.93 bits per heavy atom. The predicted molar refractivity (Wildman–Crippen MR) is 149 cm³/mol. The van der Waals surface area contributed by atoms with Gasteiger partial charge in [-0.05, 0) is 45.0 Å². The molecule has 0 spiro atoms. The van der Waals surface area contributed by atoms with Crippen molar-refractivity contribution in [3.8, 4) is 0 Å². The van der Waals surface area contributed by atoms with Crippen LogP contribution in [0, 0.1) is 0 Å². The lowest BCUT2D eigenvalue weighted by Gasteiger charge is -2.33. The molecule has 1 saturated heterocycles. The van der Waals surface area contributed by atoms with Gasteiger partial charge in [-0.3, -0.25) is 19.2 Å². The molecule has 4 N–H and O–H groups in total. The molecule has 0 radical (unpaired) electrons. The lowest BCUT2D eigenvalue weighted by atomic mass is 10.1. The van der Waals surface area contributed by atoms with Crippen molar-refractivity contribution in [2.24, 2.45) is 0 Å². The Kier molecular flexibility index (Phi) is 9.42. The number of carbonyl (C=O) groups excluding carboxylic acids is 2. The van der Waals surface area contributed by atoms with Gasteiger partial charge in [0.25, 0.3) is 13.4 Å². The summed E-state index contributed by atoms with van der Waals surface area (Å²) < 4.78 is 32.8. The number of imidazole rings is 1. The molecule has 2 atom stereocenters. The number of nitrogens with two attached hydrogens (primary N) is 1. The first-order valence-electron chi connectivity index (χ1n) is 12.7. The molecule has 0 aliphatic carbocycles. The molecule has 0 saturated carbocycles. The maximum Gasteiger partial charge on any atom is 0.326 e. The van der Waals surface area contributed by atoms with Crippen LogP contribution in [0.5, 0.6) is 0 Å². The molecule has 1 amide bonds. The van der Waals surface area contributed by atoms with E-state index in [4.69, 9.17) is 31.5 Å². The van der Waals surface area contributed by atoms with Crippen LogP contribution in [0.4, 0.5) is 5.82 Å². The minimum atomic E-state index is -3.88. The Balaban J connectivity index is 1.48. The molecule has 0 bridgehead atoms. The molecule has 0 unspecified atom stereocenters. The third-order valence-corrected chi connectivity index (χ3v) is 8.47. The number of hydrogen-bond acceptors (Lipinski definition) is 10. The molecular formula is C25H33ClN7O6P. The number of esters is 1. The summed E-state index contributed by atoms with van der Waals surface area (Å²) in [6, 6.07) is 6.12. The van der Waals surface area contributed by atoms with Gasteiger partial charge < -0.3 is 24.5 Å². The lowest BCUT2D eigenvalue weighted by molar-refractivity contribution is -0.159. The van der Waals surface area contributed by atoms with Gasteiger partial charge in [0.05, 0.1) is 32.2 Å². The highest BCUT2D eigenvalue weighted by Gasteiger charge is 2.40. The molecule has 4 rings (SSSR count). The molecule has 1 aromatic carbocycles. The number of fused-ring (bicyclic) bond motifs is 1. The summed E-state index contributed by atoms with van der Waals surface area (Å²) in [6.07, 6.45) is 2.85. The van der Waals surface area contributed by atoms with Crippen LogP contribution in [0.25, 0.3) is 11.2 Å². The molecular weight excluding hydrogens is 561 g/mol. The summed E-state index contributed by atoms with van der Waals surface area (Å²) in [6.45, 7) is 6.15. The Hall–Kier alpha value is -3.09. The van der Waals surface area contributed by atoms with Crippen LogP contribution in [-0.2, 0) is 30.1 Å². The highest BCUT2D eigenvalue weighted by Crippen LogP contribution is 2.40. The van der Waals surface area contributed by atoms with Gasteiger partial charge in [-0.25, -0.2) is 20.0 Å². The van der Waals surface area contributed by atoms with Crippen LogP contribution < -0.4 is 15.9 Å². The topological polar surface area (TPSA) is 173 Å². The van der Waals surface area contributed by atoms with Crippen LogP contribution in [0.1, 0.15) is 44.0 Å². The maximum absolute atomic E-state index is 14.2. The van der Waals surface area contributed by atoms with E-state index in [2.05, 4.69) is 25.1 Å². The molecule has 1 aliphatic rings. The normalized spacial score (nSPS) is 16.8. The van der Waals surface area contributed by atoms with E-state index in [-0.39, 0.29) is 17.5 Å². The smallest absolute Gasteiger partial charge is 0.326 e. The van der Waals surface area contributed by atoms with Crippen molar-refractivity contribution >= 4 is 47.9 Å². The minimum Gasteiger partial charge on any atom is -0.461 e. The number of amides is 1. The van der Waals surface area contributed by atoms with Gasteiger partial charge in [-0.1, -0.05) is 11.6 Å². The number of nitrogens with one attached hydrogen (secondary N) is 2. The van der Waals surface area contributed by atoms with Crippen molar-refractivity contribution in [3.05, 3.63) is 47.5 Å². The second-order valence-electron chi connectivity index (χ2n) is 10.1. The van der Waals surface area contributed by atoms with E-state index in [1.54, 1.807) is 43.8 Å². The second-order valence-corrected chi connectivity index (χ2v) is 12.7. The number of nitrogen functional groups attached to an aromatic ring is 1. The van der Waals surface area contributed by atoms with Gasteiger partial charge in [0.2, 0.25) is 0 Å². The van der Waals surface area contributed by atoms with Crippen molar-refractivity contribution in [1.82, 2.24) is 29.7 Å². The Morgan fingerprint density at radius 1 is 1.23 bits per heavy atom. The average molecular weight is 594 g/mol. The largest absolute Gasteiger partial charge is 0.461 e. The first-order valence-corrected chi connectivity index (χ1v) is 15.0. The van der Waals surface area contributed by atoms with Gasteiger partial charge >= 0.3 is 5.97 Å². The summed E-state index contributed by atoms with van der Waals surface area (Å²) in [5.74, 6) is -0.966. The standard InChI is InChI=1S/C25H33ClN7O6P/c1-16(12-33-14-30-20-21(27)28-13-29-22(20)33)38-15-40(36,31-23(34)17-4-6-18(26)7-5-17)32-25(2,3)24(35)39-19-8-10-37-11-9-19/h4-7,13-14,16,19H,8-12,15H2,1-3H3,(H2,27,28,29)(H2,31,32,34,36)/t16-,40+/m1/s1. The zero-order valence-electron chi connectivity index (χ0n) is 22.5. The summed E-state index contributed by atoms with van der Waals surface area (Å²) in [5.41, 5.74) is 5.68. The number of ether oxygens (including phenoxy) is 3. The number of carbonyl (C=O) groups is 2. The van der Waals surface area contributed by atoms with Crippen molar-refractivity contribution in [2.75, 3.05) is 25.3 Å². The van der Waals surface area contributed by atoms with Crippen molar-refractivity contribution in [1.29, 1.82) is 0 Å². The number of hydrogen-bond donors (Lipinski definition) is 3. The van der Waals surface area contributed by atoms with Crippen molar-refractivity contribution in [2.45, 2.75) is 57.9 Å². The molecule has 15 heteroatoms. The fourth-order valence-corrected chi connectivity index (χ4v) is 6.33. The van der Waals surface area contributed by atoms with E-state index in [1.807, 2.05) is 0 Å². The highest BCUT2D eigenvalue weighted by molar-refractivity contribution is 7.60. The van der Waals surface area contributed by atoms with Crippen molar-refractivity contribution < 1.29 is 28.4 Å². The third-order valence-electron chi connectivity index (χ3n) is 6.23. The van der Waals surface area contributed by atoms with Gasteiger partial charge in [0, 0.05) is 23.4 Å². The van der Waals surface area contributed by atoms with E-state index in [0.717, 1.165) is 0 Å². The Morgan fingerprint density at radius 3 is 2.62 bits per heavy atom. The Labute approximate surface area is 236 Å². The van der Waals surface area contributed by atoms with Gasteiger partial charge in [-0.15, -0.1) is 0 Å². The second kappa shape index (κ2) is 12.6. The Bertz CT molecular complexity index is 1390. The summed E-state index contributed by atoms with van der Waals surface area (Å²) in [7, 11) is -3.88. The first-order chi connectivity index (χ1) is 19.0. The van der Waals surface area contributed by atoms with E-state index in [9.17, 15) is 14.2 Å². The molecule has 2 aromatic heterocycles. The van der Waals surface area contributed by atoms with Gasteiger partial charge in [-0.2, -0.15) is 0 Å². The van der Waals surface area contributed by atoms with Gasteiger partial charge in [0.1, 0.15) is 29.8 Å². The summed E-state index contributed by atoms with van der Waals surface area (Å²) in [4.78, 5) is 38.5. The molecule has 1 fully saturated rings. The molecule has 3 aromatic rings. The summed E-state index contributed by atoms with van der Waals surface area (Å²) in [5, 5.41) is 5.83. The lowest BCUT2D eigenvalue weighted by Crippen LogP contribution is -2.50. The zero-order chi connectivity index (χ0) is 28.9. The van der Waals surface area contributed by atoms with Crippen LogP contribution in [0.3, 0.4) is 0 Å². The van der Waals surface area contributed by atoms with Crippen LogP contribution in [0.15, 0.2) is 36.9 Å². The van der Waals surface area contributed by atoms with Crippen LogP contribution in [0.2, 0.25) is 5.02 Å². The van der Waals surface area contributed by atoms with Crippen molar-refractivity contribution in [3.63, 3.8) is 0 Å². The number of nitrogens with zero attached hydrogens (tertiary/aromatic N) is 4. The number of halogens is 1. The fraction of sp³-hybridized carbons (Fsp3) is 0.480.